The van der Waals surface area contributed by atoms with Crippen LogP contribution in [0, 0.1) is 0 Å². The van der Waals surface area contributed by atoms with Crippen LogP contribution in [0.25, 0.3) is 4.96 Å². The molecule has 0 fully saturated rings. The van der Waals surface area contributed by atoms with E-state index in [0.29, 0.717) is 6.54 Å². The molecule has 0 atom stereocenters. The van der Waals surface area contributed by atoms with Crippen molar-refractivity contribution < 1.29 is 4.79 Å². The third kappa shape index (κ3) is 3.54. The highest BCUT2D eigenvalue weighted by molar-refractivity contribution is 7.15. The average molecular weight is 309 g/mol. The van der Waals surface area contributed by atoms with E-state index in [1.165, 1.54) is 0 Å². The number of nitrogens with one attached hydrogen (secondary N) is 1. The fourth-order valence-electron chi connectivity index (χ4n) is 2.09. The van der Waals surface area contributed by atoms with Crippen molar-refractivity contribution in [1.82, 2.24) is 19.6 Å². The Bertz CT molecular complexity index is 604. The number of hydrogen-bond acceptors (Lipinski definition) is 5. The Morgan fingerprint density at radius 3 is 2.86 bits per heavy atom. The molecule has 6 nitrogen and oxygen atoms in total. The van der Waals surface area contributed by atoms with Crippen LogP contribution in [-0.4, -0.2) is 54.4 Å². The van der Waals surface area contributed by atoms with Gasteiger partial charge >= 0.3 is 0 Å². The maximum absolute atomic E-state index is 11.9. The summed E-state index contributed by atoms with van der Waals surface area (Å²) >= 11 is 1.61. The second-order valence-electron chi connectivity index (χ2n) is 5.26. The van der Waals surface area contributed by atoms with Gasteiger partial charge in [-0.3, -0.25) is 9.20 Å². The minimum atomic E-state index is 0.0707. The van der Waals surface area contributed by atoms with Crippen molar-refractivity contribution in [3.8, 4) is 0 Å². The van der Waals surface area contributed by atoms with E-state index in [4.69, 9.17) is 0 Å². The topological polar surface area (TPSA) is 52.9 Å². The minimum absolute atomic E-state index is 0.0707. The van der Waals surface area contributed by atoms with Gasteiger partial charge in [-0.2, -0.15) is 0 Å². The molecule has 0 radical (unpaired) electrons. The lowest BCUT2D eigenvalue weighted by Gasteiger charge is -2.20. The highest BCUT2D eigenvalue weighted by Gasteiger charge is 2.18. The third-order valence-electron chi connectivity index (χ3n) is 3.29. The highest BCUT2D eigenvalue weighted by atomic mass is 32.1. The maximum Gasteiger partial charge on any atom is 0.241 e. The van der Waals surface area contributed by atoms with Crippen molar-refractivity contribution in [1.29, 1.82) is 0 Å². The van der Waals surface area contributed by atoms with Gasteiger partial charge in [-0.05, 0) is 13.0 Å². The van der Waals surface area contributed by atoms with Gasteiger partial charge < -0.3 is 15.1 Å². The summed E-state index contributed by atoms with van der Waals surface area (Å²) < 4.78 is 2.10. The number of rotatable bonds is 7. The lowest BCUT2D eigenvalue weighted by Crippen LogP contribution is -2.35. The Morgan fingerprint density at radius 1 is 1.43 bits per heavy atom. The Hall–Kier alpha value is -1.60. The summed E-state index contributed by atoms with van der Waals surface area (Å²) in [6, 6.07) is 0. The number of nitrogens with zero attached hydrogens (tertiary/aromatic N) is 4. The number of fused-ring (bicyclic) bond motifs is 1. The van der Waals surface area contributed by atoms with Crippen molar-refractivity contribution in [2.24, 2.45) is 0 Å². The van der Waals surface area contributed by atoms with Crippen molar-refractivity contribution in [3.63, 3.8) is 0 Å². The first-order chi connectivity index (χ1) is 10.0. The number of aromatic nitrogens is 2. The lowest BCUT2D eigenvalue weighted by molar-refractivity contribution is -0.127. The van der Waals surface area contributed by atoms with Crippen LogP contribution in [-0.2, 0) is 11.3 Å². The first kappa shape index (κ1) is 15.8. The van der Waals surface area contributed by atoms with Crippen LogP contribution < -0.4 is 10.2 Å². The highest BCUT2D eigenvalue weighted by Crippen LogP contribution is 2.23. The quantitative estimate of drug-likeness (QED) is 0.786. The van der Waals surface area contributed by atoms with Crippen molar-refractivity contribution in [3.05, 3.63) is 17.3 Å². The van der Waals surface area contributed by atoms with E-state index in [1.54, 1.807) is 30.3 Å². The molecular weight excluding hydrogens is 286 g/mol. The number of thiazole rings is 1. The SMILES string of the molecule is CCCNCc1c(N(C)CC(=O)N(C)C)nc2sccn12. The van der Waals surface area contributed by atoms with E-state index in [-0.39, 0.29) is 5.91 Å². The van der Waals surface area contributed by atoms with Gasteiger partial charge in [0, 0.05) is 39.3 Å². The first-order valence-corrected chi connectivity index (χ1v) is 7.99. The molecule has 0 aromatic carbocycles. The molecule has 2 aromatic rings. The summed E-state index contributed by atoms with van der Waals surface area (Å²) in [6.45, 7) is 4.20. The Balaban J connectivity index is 2.22. The van der Waals surface area contributed by atoms with Gasteiger partial charge in [0.25, 0.3) is 0 Å². The molecule has 2 heterocycles. The molecule has 2 rings (SSSR count). The molecule has 0 aliphatic heterocycles. The third-order valence-corrected chi connectivity index (χ3v) is 4.05. The summed E-state index contributed by atoms with van der Waals surface area (Å²) in [5.74, 6) is 0.946. The van der Waals surface area contributed by atoms with Gasteiger partial charge in [-0.15, -0.1) is 11.3 Å². The fraction of sp³-hybridized carbons (Fsp3) is 0.571. The van der Waals surface area contributed by atoms with Gasteiger partial charge in [0.15, 0.2) is 10.8 Å². The van der Waals surface area contributed by atoms with Crippen LogP contribution in [0.5, 0.6) is 0 Å². The average Bonchev–Trinajstić information content (AvgIpc) is 3.00. The molecule has 0 spiro atoms. The van der Waals surface area contributed by atoms with E-state index in [1.807, 2.05) is 23.5 Å². The molecule has 0 unspecified atom stereocenters. The van der Waals surface area contributed by atoms with Crippen molar-refractivity contribution >= 4 is 28.0 Å². The molecule has 7 heteroatoms. The fourth-order valence-corrected chi connectivity index (χ4v) is 2.82. The van der Waals surface area contributed by atoms with E-state index in [2.05, 4.69) is 21.6 Å². The molecule has 0 bridgehead atoms. The monoisotopic (exact) mass is 309 g/mol. The van der Waals surface area contributed by atoms with E-state index >= 15 is 0 Å². The van der Waals surface area contributed by atoms with Crippen LogP contribution >= 0.6 is 11.3 Å². The summed E-state index contributed by atoms with van der Waals surface area (Å²) in [7, 11) is 5.45. The van der Waals surface area contributed by atoms with Gasteiger partial charge in [-0.1, -0.05) is 6.92 Å². The second-order valence-corrected chi connectivity index (χ2v) is 6.13. The summed E-state index contributed by atoms with van der Waals surface area (Å²) in [6.07, 6.45) is 3.12. The predicted octanol–water partition coefficient (Wildman–Crippen LogP) is 1.42. The largest absolute Gasteiger partial charge is 0.349 e. The lowest BCUT2D eigenvalue weighted by atomic mass is 10.3. The Kier molecular flexibility index (Phi) is 5.19. The molecule has 116 valence electrons. The van der Waals surface area contributed by atoms with Crippen LogP contribution in [0.1, 0.15) is 19.0 Å². The number of anilines is 1. The van der Waals surface area contributed by atoms with Gasteiger partial charge in [0.2, 0.25) is 5.91 Å². The zero-order valence-electron chi connectivity index (χ0n) is 13.1. The molecule has 0 aliphatic rings. The first-order valence-electron chi connectivity index (χ1n) is 7.11. The number of carbonyl (C=O) groups excluding carboxylic acids is 1. The molecule has 2 aromatic heterocycles. The van der Waals surface area contributed by atoms with Gasteiger partial charge in [-0.25, -0.2) is 4.98 Å². The van der Waals surface area contributed by atoms with E-state index < -0.39 is 0 Å². The molecule has 0 saturated heterocycles. The van der Waals surface area contributed by atoms with Gasteiger partial charge in [0.05, 0.1) is 12.2 Å². The maximum atomic E-state index is 11.9. The van der Waals surface area contributed by atoms with Crippen LogP contribution in [0.3, 0.4) is 0 Å². The number of hydrogen-bond donors (Lipinski definition) is 1. The van der Waals surface area contributed by atoms with Crippen LogP contribution in [0.15, 0.2) is 11.6 Å². The summed E-state index contributed by atoms with van der Waals surface area (Å²) in [4.78, 5) is 21.0. The standard InChI is InChI=1S/C14H23N5OS/c1-5-6-15-9-11-13(16-14-19(11)7-8-21-14)18(4)10-12(20)17(2)3/h7-8,15H,5-6,9-10H2,1-4H3. The summed E-state index contributed by atoms with van der Waals surface area (Å²) in [5.41, 5.74) is 1.11. The number of imidazole rings is 1. The molecule has 0 aliphatic carbocycles. The van der Waals surface area contributed by atoms with Crippen LogP contribution in [0.2, 0.25) is 0 Å². The zero-order valence-corrected chi connectivity index (χ0v) is 13.9. The smallest absolute Gasteiger partial charge is 0.241 e. The number of likely N-dealkylation sites (N-methyl/N-ethyl adjacent to an activating group) is 2. The van der Waals surface area contributed by atoms with Gasteiger partial charge in [0.1, 0.15) is 0 Å². The van der Waals surface area contributed by atoms with Crippen molar-refractivity contribution in [2.75, 3.05) is 39.1 Å². The van der Waals surface area contributed by atoms with E-state index in [9.17, 15) is 4.79 Å². The summed E-state index contributed by atoms with van der Waals surface area (Å²) in [5, 5.41) is 5.44. The van der Waals surface area contributed by atoms with Crippen molar-refractivity contribution in [2.45, 2.75) is 19.9 Å². The molecule has 21 heavy (non-hydrogen) atoms. The Labute approximate surface area is 129 Å². The number of amides is 1. The molecule has 0 saturated carbocycles. The molecule has 1 amide bonds. The number of carbonyl (C=O) groups is 1. The second kappa shape index (κ2) is 6.91. The normalized spacial score (nSPS) is 11.0. The molecule has 1 N–H and O–H groups in total. The minimum Gasteiger partial charge on any atom is -0.349 e. The molecular formula is C14H23N5OS. The van der Waals surface area contributed by atoms with E-state index in [0.717, 1.165) is 36.0 Å². The predicted molar refractivity (Wildman–Crippen MR) is 87.0 cm³/mol. The van der Waals surface area contributed by atoms with Crippen LogP contribution in [0.4, 0.5) is 5.82 Å². The Morgan fingerprint density at radius 2 is 2.19 bits per heavy atom. The zero-order chi connectivity index (χ0) is 15.4.